The topological polar surface area (TPSA) is 41.1 Å². The van der Waals surface area contributed by atoms with Gasteiger partial charge < -0.3 is 10.6 Å². The third-order valence-electron chi connectivity index (χ3n) is 4.75. The largest absolute Gasteiger partial charge is 0.348 e. The molecule has 3 rings (SSSR count). The molecule has 2 atom stereocenters. The van der Waals surface area contributed by atoms with Crippen LogP contribution in [0.5, 0.6) is 0 Å². The van der Waals surface area contributed by atoms with Crippen LogP contribution in [0.3, 0.4) is 0 Å². The number of nitrogens with one attached hydrogen (secondary N) is 2. The molecular formula is C19H24N2OS. The summed E-state index contributed by atoms with van der Waals surface area (Å²) in [5, 5.41) is 8.66. The summed E-state index contributed by atoms with van der Waals surface area (Å²) in [7, 11) is 0. The van der Waals surface area contributed by atoms with Crippen molar-refractivity contribution in [2.75, 3.05) is 13.1 Å². The van der Waals surface area contributed by atoms with Gasteiger partial charge in [-0.25, -0.2) is 0 Å². The molecule has 0 spiro atoms. The summed E-state index contributed by atoms with van der Waals surface area (Å²) in [4.78, 5) is 13.9. The molecule has 4 heteroatoms. The maximum absolute atomic E-state index is 12.7. The molecule has 1 aliphatic rings. The molecule has 2 N–H and O–H groups in total. The molecule has 3 nitrogen and oxygen atoms in total. The van der Waals surface area contributed by atoms with Crippen molar-refractivity contribution in [2.45, 2.75) is 26.3 Å². The van der Waals surface area contributed by atoms with E-state index in [0.29, 0.717) is 5.92 Å². The first-order chi connectivity index (χ1) is 11.1. The zero-order valence-electron chi connectivity index (χ0n) is 13.7. The van der Waals surface area contributed by atoms with Crippen molar-refractivity contribution in [3.05, 3.63) is 57.8 Å². The van der Waals surface area contributed by atoms with Crippen molar-refractivity contribution in [3.63, 3.8) is 0 Å². The van der Waals surface area contributed by atoms with Crippen molar-refractivity contribution in [1.82, 2.24) is 10.6 Å². The van der Waals surface area contributed by atoms with Crippen LogP contribution >= 0.6 is 11.3 Å². The van der Waals surface area contributed by atoms with Gasteiger partial charge in [0.05, 0.1) is 6.04 Å². The van der Waals surface area contributed by atoms with Crippen molar-refractivity contribution in [3.8, 4) is 0 Å². The van der Waals surface area contributed by atoms with Gasteiger partial charge >= 0.3 is 0 Å². The summed E-state index contributed by atoms with van der Waals surface area (Å²) in [5.41, 5.74) is 2.51. The molecule has 1 aromatic heterocycles. The predicted molar refractivity (Wildman–Crippen MR) is 95.6 cm³/mol. The van der Waals surface area contributed by atoms with Gasteiger partial charge in [0.2, 0.25) is 5.91 Å². The molecule has 0 saturated carbocycles. The number of thiophene rings is 1. The van der Waals surface area contributed by atoms with E-state index in [-0.39, 0.29) is 17.9 Å². The summed E-state index contributed by atoms with van der Waals surface area (Å²) < 4.78 is 0. The van der Waals surface area contributed by atoms with E-state index in [4.69, 9.17) is 0 Å². The smallest absolute Gasteiger partial charge is 0.223 e. The molecule has 2 aromatic rings. The van der Waals surface area contributed by atoms with Crippen LogP contribution in [0.15, 0.2) is 41.8 Å². The first-order valence-electron chi connectivity index (χ1n) is 8.24. The van der Waals surface area contributed by atoms with Gasteiger partial charge in [-0.05, 0) is 54.9 Å². The van der Waals surface area contributed by atoms with Gasteiger partial charge in [-0.1, -0.05) is 37.3 Å². The molecular weight excluding hydrogens is 304 g/mol. The van der Waals surface area contributed by atoms with E-state index in [9.17, 15) is 4.79 Å². The molecule has 1 aromatic carbocycles. The number of rotatable bonds is 6. The van der Waals surface area contributed by atoms with E-state index in [0.717, 1.165) is 19.5 Å². The zero-order valence-corrected chi connectivity index (χ0v) is 14.5. The third-order valence-corrected chi connectivity index (χ3v) is 5.88. The Bertz CT molecular complexity index is 648. The van der Waals surface area contributed by atoms with E-state index < -0.39 is 0 Å². The maximum atomic E-state index is 12.7. The van der Waals surface area contributed by atoms with Gasteiger partial charge in [-0.2, -0.15) is 0 Å². The van der Waals surface area contributed by atoms with Crippen LogP contribution in [-0.4, -0.2) is 19.0 Å². The normalized spacial score (nSPS) is 17.3. The first kappa shape index (κ1) is 16.2. The highest BCUT2D eigenvalue weighted by molar-refractivity contribution is 7.10. The number of carbonyl (C=O) groups is 1. The maximum Gasteiger partial charge on any atom is 0.223 e. The second-order valence-corrected chi connectivity index (χ2v) is 7.37. The van der Waals surface area contributed by atoms with Crippen LogP contribution in [0.1, 0.15) is 29.0 Å². The Kier molecular flexibility index (Phi) is 5.13. The number of benzene rings is 1. The van der Waals surface area contributed by atoms with Crippen LogP contribution in [-0.2, 0) is 11.2 Å². The summed E-state index contributed by atoms with van der Waals surface area (Å²) in [6.07, 6.45) is 0.837. The van der Waals surface area contributed by atoms with Gasteiger partial charge in [0.25, 0.3) is 0 Å². The van der Waals surface area contributed by atoms with Crippen molar-refractivity contribution < 1.29 is 4.79 Å². The third kappa shape index (κ3) is 3.82. The Morgan fingerprint density at radius 2 is 2.04 bits per heavy atom. The minimum Gasteiger partial charge on any atom is -0.348 e. The number of amides is 1. The van der Waals surface area contributed by atoms with Crippen molar-refractivity contribution >= 4 is 17.2 Å². The van der Waals surface area contributed by atoms with E-state index in [2.05, 4.69) is 53.3 Å². The first-order valence-corrected chi connectivity index (χ1v) is 9.12. The lowest BCUT2D eigenvalue weighted by Crippen LogP contribution is -2.50. The Labute approximate surface area is 142 Å². The fourth-order valence-electron chi connectivity index (χ4n) is 2.98. The van der Waals surface area contributed by atoms with Crippen LogP contribution in [0.2, 0.25) is 0 Å². The lowest BCUT2D eigenvalue weighted by atomic mass is 9.88. The SMILES string of the molecule is Cc1ccsc1C(Cc1ccccc1)NC(=O)C(C)C1CNC1. The Hall–Kier alpha value is -1.65. The Balaban J connectivity index is 1.75. The highest BCUT2D eigenvalue weighted by atomic mass is 32.1. The minimum absolute atomic E-state index is 0.0559. The lowest BCUT2D eigenvalue weighted by molar-refractivity contribution is -0.127. The molecule has 1 amide bonds. The van der Waals surface area contributed by atoms with Gasteiger partial charge in [-0.3, -0.25) is 4.79 Å². The van der Waals surface area contributed by atoms with Crippen molar-refractivity contribution in [1.29, 1.82) is 0 Å². The quantitative estimate of drug-likeness (QED) is 0.854. The van der Waals surface area contributed by atoms with E-state index >= 15 is 0 Å². The fraction of sp³-hybridized carbons (Fsp3) is 0.421. The molecule has 2 unspecified atom stereocenters. The van der Waals surface area contributed by atoms with E-state index in [1.165, 1.54) is 16.0 Å². The highest BCUT2D eigenvalue weighted by Crippen LogP contribution is 2.28. The molecule has 1 saturated heterocycles. The monoisotopic (exact) mass is 328 g/mol. The standard InChI is InChI=1S/C19H24N2OS/c1-13-8-9-23-18(13)17(10-15-6-4-3-5-7-15)21-19(22)14(2)16-11-20-12-16/h3-9,14,16-17,20H,10-12H2,1-2H3,(H,21,22). The second kappa shape index (κ2) is 7.28. The average molecular weight is 328 g/mol. The molecule has 0 radical (unpaired) electrons. The molecule has 1 aliphatic heterocycles. The number of aryl methyl sites for hydroxylation is 1. The zero-order chi connectivity index (χ0) is 16.2. The molecule has 23 heavy (non-hydrogen) atoms. The predicted octanol–water partition coefficient (Wildman–Crippen LogP) is 3.31. The van der Waals surface area contributed by atoms with Gasteiger partial charge in [0.15, 0.2) is 0 Å². The van der Waals surface area contributed by atoms with Gasteiger partial charge in [0, 0.05) is 10.8 Å². The van der Waals surface area contributed by atoms with Crippen LogP contribution in [0.25, 0.3) is 0 Å². The van der Waals surface area contributed by atoms with Gasteiger partial charge in [-0.15, -0.1) is 11.3 Å². The average Bonchev–Trinajstić information content (AvgIpc) is 2.92. The fourth-order valence-corrected chi connectivity index (χ4v) is 3.96. The Morgan fingerprint density at radius 3 is 2.61 bits per heavy atom. The summed E-state index contributed by atoms with van der Waals surface area (Å²) >= 11 is 1.73. The van der Waals surface area contributed by atoms with Crippen LogP contribution in [0, 0.1) is 18.8 Å². The molecule has 122 valence electrons. The second-order valence-electron chi connectivity index (χ2n) is 6.43. The summed E-state index contributed by atoms with van der Waals surface area (Å²) in [5.74, 6) is 0.705. The van der Waals surface area contributed by atoms with Crippen LogP contribution < -0.4 is 10.6 Å². The molecule has 0 aliphatic carbocycles. The number of hydrogen-bond donors (Lipinski definition) is 2. The Morgan fingerprint density at radius 1 is 1.30 bits per heavy atom. The minimum atomic E-state index is 0.0559. The lowest BCUT2D eigenvalue weighted by Gasteiger charge is -2.32. The molecule has 1 fully saturated rings. The highest BCUT2D eigenvalue weighted by Gasteiger charge is 2.30. The number of carbonyl (C=O) groups excluding carboxylic acids is 1. The summed E-state index contributed by atoms with van der Waals surface area (Å²) in [6, 6.07) is 12.6. The summed E-state index contributed by atoms with van der Waals surface area (Å²) in [6.45, 7) is 6.07. The number of hydrogen-bond acceptors (Lipinski definition) is 3. The molecule has 0 bridgehead atoms. The van der Waals surface area contributed by atoms with Crippen LogP contribution in [0.4, 0.5) is 0 Å². The van der Waals surface area contributed by atoms with E-state index in [1.807, 2.05) is 13.0 Å². The van der Waals surface area contributed by atoms with Gasteiger partial charge in [0.1, 0.15) is 0 Å². The van der Waals surface area contributed by atoms with E-state index in [1.54, 1.807) is 11.3 Å². The van der Waals surface area contributed by atoms with Crippen molar-refractivity contribution in [2.24, 2.45) is 11.8 Å². The molecule has 2 heterocycles.